The monoisotopic (exact) mass is 486 g/mol. The summed E-state index contributed by atoms with van der Waals surface area (Å²) in [5, 5.41) is 12.1. The van der Waals surface area contributed by atoms with E-state index in [2.05, 4.69) is 60.5 Å². The topological polar surface area (TPSA) is 61.8 Å². The molecule has 0 spiro atoms. The maximum atomic E-state index is 10.9. The van der Waals surface area contributed by atoms with Crippen LogP contribution in [0, 0.1) is 5.41 Å². The quantitative estimate of drug-likeness (QED) is 0.208. The number of thioether (sulfide) groups is 2. The molecule has 2 aromatic rings. The molecule has 1 unspecified atom stereocenters. The van der Waals surface area contributed by atoms with Crippen LogP contribution in [0.2, 0.25) is 0 Å². The number of fused-ring (bicyclic) bond motifs is 1. The maximum absolute atomic E-state index is 10.9. The first kappa shape index (κ1) is 25.4. The Labute approximate surface area is 206 Å². The number of rotatable bonds is 10. The Balaban J connectivity index is 2.08. The van der Waals surface area contributed by atoms with E-state index in [9.17, 15) is 4.79 Å². The molecule has 7 heteroatoms. The summed E-state index contributed by atoms with van der Waals surface area (Å²) in [7, 11) is 1.94. The molecule has 1 aliphatic rings. The molecule has 0 aliphatic carbocycles. The number of ether oxygens (including phenoxy) is 1. The molecule has 33 heavy (non-hydrogen) atoms. The minimum atomic E-state index is -1.02. The zero-order chi connectivity index (χ0) is 23.8. The summed E-state index contributed by atoms with van der Waals surface area (Å²) in [6.45, 7) is 5.54. The Kier molecular flexibility index (Phi) is 9.03. The number of nitrogens with one attached hydrogen (secondary N) is 1. The van der Waals surface area contributed by atoms with E-state index in [1.165, 1.54) is 36.9 Å². The SMILES string of the molecule is CCCCC1(CC)CSc2cc(O/C=C/C(=O)O)c(SC)cc2N(c2ccc(NC)cc2)C1. The van der Waals surface area contributed by atoms with Crippen LogP contribution in [0.15, 0.2) is 58.5 Å². The molecule has 0 aromatic heterocycles. The van der Waals surface area contributed by atoms with Gasteiger partial charge in [-0.15, -0.1) is 23.5 Å². The lowest BCUT2D eigenvalue weighted by Crippen LogP contribution is -2.36. The van der Waals surface area contributed by atoms with Crippen LogP contribution in [-0.2, 0) is 4.79 Å². The standard InChI is InChI=1S/C26H34N2O3S2/c1-5-7-13-26(6-2)17-28(20-10-8-19(27-3)9-11-20)21-15-24(32-4)22(16-23(21)33-18-26)31-14-12-25(29)30/h8-12,14-16,27H,5-7,13,17-18H2,1-4H3,(H,29,30)/b14-12+. The summed E-state index contributed by atoms with van der Waals surface area (Å²) < 4.78 is 5.74. The average Bonchev–Trinajstić information content (AvgIpc) is 2.99. The predicted octanol–water partition coefficient (Wildman–Crippen LogP) is 7.26. The van der Waals surface area contributed by atoms with Gasteiger partial charge in [0.15, 0.2) is 0 Å². The zero-order valence-corrected chi connectivity index (χ0v) is 21.5. The second kappa shape index (κ2) is 11.7. The van der Waals surface area contributed by atoms with Crippen LogP contribution in [-0.4, -0.2) is 36.7 Å². The van der Waals surface area contributed by atoms with Crippen LogP contribution in [0.25, 0.3) is 0 Å². The highest BCUT2D eigenvalue weighted by Crippen LogP contribution is 2.49. The van der Waals surface area contributed by atoms with Crippen LogP contribution >= 0.6 is 23.5 Å². The van der Waals surface area contributed by atoms with E-state index in [1.54, 1.807) is 11.8 Å². The van der Waals surface area contributed by atoms with Crippen molar-refractivity contribution in [1.82, 2.24) is 0 Å². The highest BCUT2D eigenvalue weighted by molar-refractivity contribution is 7.99. The fraction of sp³-hybridized carbons (Fsp3) is 0.423. The van der Waals surface area contributed by atoms with Gasteiger partial charge in [-0.05, 0) is 60.9 Å². The van der Waals surface area contributed by atoms with Gasteiger partial charge < -0.3 is 20.1 Å². The van der Waals surface area contributed by atoms with E-state index >= 15 is 0 Å². The molecule has 1 heterocycles. The highest BCUT2D eigenvalue weighted by atomic mass is 32.2. The second-order valence-corrected chi connectivity index (χ2v) is 10.2. The molecule has 0 saturated carbocycles. The predicted molar refractivity (Wildman–Crippen MR) is 142 cm³/mol. The average molecular weight is 487 g/mol. The summed E-state index contributed by atoms with van der Waals surface area (Å²) in [6.07, 6.45) is 9.03. The van der Waals surface area contributed by atoms with Gasteiger partial charge in [0.25, 0.3) is 0 Å². The normalized spacial score (nSPS) is 18.1. The van der Waals surface area contributed by atoms with Crippen molar-refractivity contribution in [2.45, 2.75) is 49.3 Å². The molecular weight excluding hydrogens is 452 g/mol. The number of benzene rings is 2. The highest BCUT2D eigenvalue weighted by Gasteiger charge is 2.35. The Morgan fingerprint density at radius 2 is 2.06 bits per heavy atom. The van der Waals surface area contributed by atoms with Crippen LogP contribution in [0.1, 0.15) is 39.5 Å². The number of hydrogen-bond acceptors (Lipinski definition) is 6. The lowest BCUT2D eigenvalue weighted by atomic mass is 9.81. The molecule has 178 valence electrons. The van der Waals surface area contributed by atoms with E-state index in [0.29, 0.717) is 5.75 Å². The minimum absolute atomic E-state index is 0.213. The first-order valence-electron chi connectivity index (χ1n) is 11.4. The van der Waals surface area contributed by atoms with Gasteiger partial charge in [0, 0.05) is 35.6 Å². The number of carboxylic acid groups (broad SMARTS) is 1. The van der Waals surface area contributed by atoms with Crippen molar-refractivity contribution in [3.8, 4) is 5.75 Å². The van der Waals surface area contributed by atoms with Crippen molar-refractivity contribution in [3.05, 3.63) is 48.7 Å². The molecule has 3 rings (SSSR count). The van der Waals surface area contributed by atoms with Gasteiger partial charge in [-0.3, -0.25) is 0 Å². The molecular formula is C26H34N2O3S2. The van der Waals surface area contributed by atoms with Crippen LogP contribution in [0.4, 0.5) is 17.1 Å². The minimum Gasteiger partial charge on any atom is -0.478 e. The number of nitrogens with zero attached hydrogens (tertiary/aromatic N) is 1. The third kappa shape index (κ3) is 6.21. The Bertz CT molecular complexity index is 978. The molecule has 2 N–H and O–H groups in total. The fourth-order valence-electron chi connectivity index (χ4n) is 4.10. The molecule has 0 saturated heterocycles. The molecule has 0 radical (unpaired) electrons. The second-order valence-electron chi connectivity index (χ2n) is 8.36. The Morgan fingerprint density at radius 1 is 1.30 bits per heavy atom. The van der Waals surface area contributed by atoms with Crippen LogP contribution in [0.3, 0.4) is 0 Å². The van der Waals surface area contributed by atoms with Crippen molar-refractivity contribution in [1.29, 1.82) is 0 Å². The lowest BCUT2D eigenvalue weighted by Gasteiger charge is -2.37. The van der Waals surface area contributed by atoms with Crippen molar-refractivity contribution in [3.63, 3.8) is 0 Å². The van der Waals surface area contributed by atoms with Gasteiger partial charge in [-0.1, -0.05) is 26.7 Å². The molecule has 1 aliphatic heterocycles. The first-order valence-corrected chi connectivity index (χ1v) is 13.6. The summed E-state index contributed by atoms with van der Waals surface area (Å²) in [6, 6.07) is 12.9. The Morgan fingerprint density at radius 3 is 2.67 bits per heavy atom. The van der Waals surface area contributed by atoms with Crippen LogP contribution in [0.5, 0.6) is 5.75 Å². The van der Waals surface area contributed by atoms with Crippen molar-refractivity contribution in [2.75, 3.05) is 35.8 Å². The molecule has 5 nitrogen and oxygen atoms in total. The molecule has 0 fully saturated rings. The third-order valence-electron chi connectivity index (χ3n) is 6.25. The maximum Gasteiger partial charge on any atom is 0.331 e. The number of carbonyl (C=O) groups is 1. The zero-order valence-electron chi connectivity index (χ0n) is 19.9. The van der Waals surface area contributed by atoms with Gasteiger partial charge in [0.1, 0.15) is 5.75 Å². The van der Waals surface area contributed by atoms with E-state index in [1.807, 2.05) is 25.1 Å². The van der Waals surface area contributed by atoms with Gasteiger partial charge in [0.05, 0.1) is 22.9 Å². The number of hydrogen-bond donors (Lipinski definition) is 2. The molecule has 0 amide bonds. The van der Waals surface area contributed by atoms with Crippen molar-refractivity contribution >= 4 is 46.6 Å². The van der Waals surface area contributed by atoms with Gasteiger partial charge >= 0.3 is 5.97 Å². The van der Waals surface area contributed by atoms with E-state index in [-0.39, 0.29) is 5.41 Å². The smallest absolute Gasteiger partial charge is 0.331 e. The summed E-state index contributed by atoms with van der Waals surface area (Å²) in [5.41, 5.74) is 3.67. The van der Waals surface area contributed by atoms with E-state index in [4.69, 9.17) is 9.84 Å². The van der Waals surface area contributed by atoms with Gasteiger partial charge in [-0.2, -0.15) is 0 Å². The Hall–Kier alpha value is -2.25. The van der Waals surface area contributed by atoms with E-state index < -0.39 is 5.97 Å². The summed E-state index contributed by atoms with van der Waals surface area (Å²) >= 11 is 3.49. The number of carboxylic acids is 1. The first-order chi connectivity index (χ1) is 15.9. The number of unbranched alkanes of at least 4 members (excludes halogenated alkanes) is 1. The number of aliphatic carboxylic acids is 1. The summed E-state index contributed by atoms with van der Waals surface area (Å²) in [5.74, 6) is 0.712. The van der Waals surface area contributed by atoms with Crippen molar-refractivity contribution in [2.24, 2.45) is 5.41 Å². The molecule has 0 bridgehead atoms. The van der Waals surface area contributed by atoms with Gasteiger partial charge in [0.2, 0.25) is 0 Å². The number of anilines is 3. The molecule has 2 aromatic carbocycles. The van der Waals surface area contributed by atoms with Gasteiger partial charge in [-0.25, -0.2) is 4.79 Å². The van der Waals surface area contributed by atoms with Crippen molar-refractivity contribution < 1.29 is 14.6 Å². The van der Waals surface area contributed by atoms with E-state index in [0.717, 1.165) is 40.3 Å². The fourth-order valence-corrected chi connectivity index (χ4v) is 6.05. The lowest BCUT2D eigenvalue weighted by molar-refractivity contribution is -0.131. The molecule has 1 atom stereocenters. The summed E-state index contributed by atoms with van der Waals surface area (Å²) in [4.78, 5) is 15.5. The largest absolute Gasteiger partial charge is 0.478 e. The third-order valence-corrected chi connectivity index (χ3v) is 8.40. The van der Waals surface area contributed by atoms with Crippen LogP contribution < -0.4 is 15.0 Å².